The lowest BCUT2D eigenvalue weighted by Gasteiger charge is -2.28. The monoisotopic (exact) mass is 360 g/mol. The molecule has 0 saturated heterocycles. The van der Waals surface area contributed by atoms with Crippen LogP contribution < -0.4 is 10.6 Å². The van der Waals surface area contributed by atoms with Crippen LogP contribution in [0.3, 0.4) is 0 Å². The second kappa shape index (κ2) is 10.6. The summed E-state index contributed by atoms with van der Waals surface area (Å²) >= 11 is 0. The zero-order valence-electron chi connectivity index (χ0n) is 16.6. The van der Waals surface area contributed by atoms with Gasteiger partial charge >= 0.3 is 12.1 Å². The van der Waals surface area contributed by atoms with Gasteiger partial charge in [-0.05, 0) is 24.7 Å². The van der Waals surface area contributed by atoms with Crippen LogP contribution in [0.5, 0.6) is 0 Å². The third kappa shape index (κ3) is 10.3. The average Bonchev–Trinajstić information content (AvgIpc) is 2.79. The van der Waals surface area contributed by atoms with E-state index in [0.717, 1.165) is 6.42 Å². The third-order valence-electron chi connectivity index (χ3n) is 3.72. The van der Waals surface area contributed by atoms with Crippen LogP contribution in [0.4, 0.5) is 4.79 Å². The van der Waals surface area contributed by atoms with E-state index in [2.05, 4.69) is 38.3 Å². The van der Waals surface area contributed by atoms with Crippen LogP contribution >= 0.6 is 0 Å². The summed E-state index contributed by atoms with van der Waals surface area (Å²) in [5.41, 5.74) is -0.612. The molecular weight excluding hydrogens is 324 g/mol. The van der Waals surface area contributed by atoms with Crippen molar-refractivity contribution in [2.45, 2.75) is 98.1 Å². The van der Waals surface area contributed by atoms with Crippen LogP contribution in [0.2, 0.25) is 0 Å². The summed E-state index contributed by atoms with van der Waals surface area (Å²) in [6, 6.07) is 0.226. The maximum Gasteiger partial charge on any atom is 0.408 e. The van der Waals surface area contributed by atoms with Gasteiger partial charge in [-0.2, -0.15) is 0 Å². The smallest absolute Gasteiger partial charge is 0.408 e. The second-order valence-corrected chi connectivity index (χ2v) is 8.20. The van der Waals surface area contributed by atoms with Gasteiger partial charge in [-0.15, -0.1) is 0 Å². The fraction of sp³-hybridized carbons (Fsp3) is 0.889. The van der Waals surface area contributed by atoms with Crippen molar-refractivity contribution < 1.29 is 24.5 Å². The molecule has 0 aromatic heterocycles. The number of ether oxygens (including phenoxy) is 1. The van der Waals surface area contributed by atoms with Gasteiger partial charge in [0.05, 0.1) is 6.10 Å². The number of amides is 1. The van der Waals surface area contributed by atoms with Crippen molar-refractivity contribution in [3.8, 4) is 0 Å². The van der Waals surface area contributed by atoms with Crippen LogP contribution in [0.25, 0.3) is 0 Å². The Labute approximate surface area is 151 Å². The fourth-order valence-corrected chi connectivity index (χ4v) is 2.65. The zero-order chi connectivity index (χ0) is 19.8. The molecule has 3 atom stereocenters. The number of hydrogen-bond donors (Lipinski definition) is 4. The number of aliphatic hydroxyl groups is 1. The molecule has 1 amide bonds. The summed E-state index contributed by atoms with van der Waals surface area (Å²) in [5.74, 6) is -1.11. The molecule has 0 aliphatic heterocycles. The first-order valence-corrected chi connectivity index (χ1v) is 8.98. The highest BCUT2D eigenvalue weighted by Gasteiger charge is 2.35. The Morgan fingerprint density at radius 1 is 1.08 bits per heavy atom. The lowest BCUT2D eigenvalue weighted by molar-refractivity contribution is -0.142. The number of carboxylic acid groups (broad SMARTS) is 1. The van der Waals surface area contributed by atoms with Crippen molar-refractivity contribution in [3.05, 3.63) is 0 Å². The summed E-state index contributed by atoms with van der Waals surface area (Å²) in [7, 11) is 0. The van der Waals surface area contributed by atoms with Crippen LogP contribution in [0.15, 0.2) is 0 Å². The van der Waals surface area contributed by atoms with Gasteiger partial charge in [0, 0.05) is 12.1 Å². The van der Waals surface area contributed by atoms with Gasteiger partial charge in [0.25, 0.3) is 0 Å². The molecule has 7 nitrogen and oxygen atoms in total. The maximum atomic E-state index is 11.6. The zero-order valence-corrected chi connectivity index (χ0v) is 16.6. The van der Waals surface area contributed by atoms with Gasteiger partial charge in [-0.25, -0.2) is 9.59 Å². The van der Waals surface area contributed by atoms with E-state index in [1.165, 1.54) is 0 Å². The number of nitrogens with one attached hydrogen (secondary N) is 2. The summed E-state index contributed by atoms with van der Waals surface area (Å²) in [6.45, 7) is 13.8. The molecule has 4 N–H and O–H groups in total. The quantitative estimate of drug-likeness (QED) is 0.600. The minimum Gasteiger partial charge on any atom is -0.480 e. The maximum absolute atomic E-state index is 11.6. The Balaban J connectivity index is 0.000000697. The molecule has 1 aliphatic carbocycles. The molecule has 25 heavy (non-hydrogen) atoms. The van der Waals surface area contributed by atoms with E-state index in [9.17, 15) is 14.7 Å². The number of aliphatic carboxylic acids is 1. The standard InChI is InChI=1S/C12H21NO5.C6H15N/c1-12(2,3)9(10(15)16)13-11(17)18-8-6-4-5-7(8)14;1-5(2)7-6(3)4/h7-9,14H,4-6H2,1-3H3,(H,13,17)(H,15,16);5-7H,1-4H3/t7-,8-,9-;/m1./s1. The van der Waals surface area contributed by atoms with Crippen molar-refractivity contribution in [2.75, 3.05) is 0 Å². The van der Waals surface area contributed by atoms with E-state index in [0.29, 0.717) is 24.9 Å². The number of aliphatic hydroxyl groups excluding tert-OH is 1. The van der Waals surface area contributed by atoms with E-state index >= 15 is 0 Å². The molecule has 7 heteroatoms. The Bertz CT molecular complexity index is 412. The van der Waals surface area contributed by atoms with Crippen molar-refractivity contribution in [2.24, 2.45) is 5.41 Å². The van der Waals surface area contributed by atoms with Gasteiger partial charge in [0.15, 0.2) is 0 Å². The van der Waals surface area contributed by atoms with Crippen LogP contribution in [-0.4, -0.2) is 52.6 Å². The predicted octanol–water partition coefficient (Wildman–Crippen LogP) is 2.52. The van der Waals surface area contributed by atoms with E-state index in [1.807, 2.05) is 0 Å². The normalized spacial score (nSPS) is 21.5. The molecule has 1 saturated carbocycles. The Morgan fingerprint density at radius 3 is 1.88 bits per heavy atom. The third-order valence-corrected chi connectivity index (χ3v) is 3.72. The summed E-state index contributed by atoms with van der Waals surface area (Å²) < 4.78 is 5.04. The Morgan fingerprint density at radius 2 is 1.60 bits per heavy atom. The Kier molecular flexibility index (Phi) is 10.0. The van der Waals surface area contributed by atoms with Crippen LogP contribution in [0, 0.1) is 5.41 Å². The molecule has 1 aliphatic rings. The van der Waals surface area contributed by atoms with Gasteiger partial charge in [-0.3, -0.25) is 0 Å². The predicted molar refractivity (Wildman–Crippen MR) is 97.5 cm³/mol. The molecule has 1 fully saturated rings. The van der Waals surface area contributed by atoms with Crippen LogP contribution in [-0.2, 0) is 9.53 Å². The number of alkyl carbamates (subject to hydrolysis) is 1. The topological polar surface area (TPSA) is 108 Å². The minimum absolute atomic E-state index is 0.528. The average molecular weight is 360 g/mol. The summed E-state index contributed by atoms with van der Waals surface area (Å²) in [6.07, 6.45) is 0.0682. The Hall–Kier alpha value is -1.34. The number of carboxylic acids is 1. The van der Waals surface area contributed by atoms with Crippen molar-refractivity contribution in [1.82, 2.24) is 10.6 Å². The molecule has 148 valence electrons. The molecule has 0 bridgehead atoms. The lowest BCUT2D eigenvalue weighted by Crippen LogP contribution is -2.50. The molecule has 1 rings (SSSR count). The summed E-state index contributed by atoms with van der Waals surface area (Å²) in [5, 5.41) is 24.2. The number of hydrogen-bond acceptors (Lipinski definition) is 5. The highest BCUT2D eigenvalue weighted by atomic mass is 16.6. The first-order chi connectivity index (χ1) is 11.3. The lowest BCUT2D eigenvalue weighted by atomic mass is 9.87. The van der Waals surface area contributed by atoms with E-state index < -0.39 is 35.7 Å². The summed E-state index contributed by atoms with van der Waals surface area (Å²) in [4.78, 5) is 22.7. The van der Waals surface area contributed by atoms with Crippen molar-refractivity contribution in [3.63, 3.8) is 0 Å². The van der Waals surface area contributed by atoms with E-state index in [1.54, 1.807) is 20.8 Å². The van der Waals surface area contributed by atoms with Gasteiger partial charge in [-0.1, -0.05) is 48.5 Å². The van der Waals surface area contributed by atoms with Crippen molar-refractivity contribution >= 4 is 12.1 Å². The van der Waals surface area contributed by atoms with Gasteiger partial charge < -0.3 is 25.6 Å². The molecule has 0 spiro atoms. The number of rotatable bonds is 5. The number of carbonyl (C=O) groups excluding carboxylic acids is 1. The SMILES string of the molecule is CC(C)(C)[C@H](NC(=O)O[C@@H]1CCC[C@H]1O)C(=O)O.CC(C)NC(C)C. The highest BCUT2D eigenvalue weighted by Crippen LogP contribution is 2.23. The van der Waals surface area contributed by atoms with Crippen molar-refractivity contribution in [1.29, 1.82) is 0 Å². The van der Waals surface area contributed by atoms with E-state index in [-0.39, 0.29) is 0 Å². The molecule has 0 radical (unpaired) electrons. The fourth-order valence-electron chi connectivity index (χ4n) is 2.65. The van der Waals surface area contributed by atoms with Gasteiger partial charge in [0.2, 0.25) is 0 Å². The van der Waals surface area contributed by atoms with Crippen LogP contribution in [0.1, 0.15) is 67.7 Å². The first kappa shape index (κ1) is 23.7. The second-order valence-electron chi connectivity index (χ2n) is 8.20. The first-order valence-electron chi connectivity index (χ1n) is 8.98. The minimum atomic E-state index is -1.11. The largest absolute Gasteiger partial charge is 0.480 e. The molecule has 0 unspecified atom stereocenters. The number of carbonyl (C=O) groups is 2. The highest BCUT2D eigenvalue weighted by molar-refractivity contribution is 5.80. The molecule has 0 aromatic carbocycles. The van der Waals surface area contributed by atoms with E-state index in [4.69, 9.17) is 9.84 Å². The molecule has 0 aromatic rings. The molecule has 0 heterocycles. The molecular formula is C18H36N2O5. The van der Waals surface area contributed by atoms with Gasteiger partial charge in [0.1, 0.15) is 12.1 Å².